The number of aromatic carboxylic acids is 1. The van der Waals surface area contributed by atoms with Crippen LogP contribution in [0.2, 0.25) is 0 Å². The van der Waals surface area contributed by atoms with Gasteiger partial charge in [0.05, 0.1) is 6.54 Å². The number of hydrogen-bond donors (Lipinski definition) is 1. The molecule has 0 fully saturated rings. The summed E-state index contributed by atoms with van der Waals surface area (Å²) in [6, 6.07) is 0.921. The maximum atomic E-state index is 13.8. The zero-order valence-corrected chi connectivity index (χ0v) is 10.8. The summed E-state index contributed by atoms with van der Waals surface area (Å²) in [5.74, 6) is -5.31. The lowest BCUT2D eigenvalue weighted by atomic mass is 10.2. The summed E-state index contributed by atoms with van der Waals surface area (Å²) in [5.41, 5.74) is -1.46. The van der Waals surface area contributed by atoms with Gasteiger partial charge in [0.15, 0.2) is 5.82 Å². The van der Waals surface area contributed by atoms with Crippen LogP contribution in [-0.2, 0) is 10.0 Å². The molecule has 1 aromatic carbocycles. The van der Waals surface area contributed by atoms with Gasteiger partial charge < -0.3 is 5.11 Å². The molecule has 1 N–H and O–H groups in total. The van der Waals surface area contributed by atoms with Crippen LogP contribution in [0.4, 0.5) is 17.6 Å². The minimum Gasteiger partial charge on any atom is -0.477 e. The van der Waals surface area contributed by atoms with Gasteiger partial charge in [-0.05, 0) is 12.1 Å². The zero-order valence-electron chi connectivity index (χ0n) is 9.98. The Kier molecular flexibility index (Phi) is 4.71. The molecule has 0 atom stereocenters. The minimum atomic E-state index is -4.69. The summed E-state index contributed by atoms with van der Waals surface area (Å²) in [6.07, 6.45) is -3.00. The molecule has 112 valence electrons. The molecule has 0 saturated heterocycles. The Hall–Kier alpha value is -1.68. The van der Waals surface area contributed by atoms with E-state index in [1.807, 2.05) is 0 Å². The summed E-state index contributed by atoms with van der Waals surface area (Å²) in [4.78, 5) is 9.48. The first-order valence-corrected chi connectivity index (χ1v) is 6.48. The maximum Gasteiger partial charge on any atom is 0.341 e. The van der Waals surface area contributed by atoms with Gasteiger partial charge in [0.25, 0.3) is 6.43 Å². The fraction of sp³-hybridized carbons (Fsp3) is 0.300. The Morgan fingerprint density at radius 2 is 1.90 bits per heavy atom. The lowest BCUT2D eigenvalue weighted by Crippen LogP contribution is -2.32. The number of sulfonamides is 1. The molecule has 5 nitrogen and oxygen atoms in total. The van der Waals surface area contributed by atoms with E-state index in [9.17, 15) is 30.8 Å². The molecule has 0 bridgehead atoms. The number of carboxylic acid groups (broad SMARTS) is 1. The van der Waals surface area contributed by atoms with Crippen LogP contribution in [0.5, 0.6) is 0 Å². The van der Waals surface area contributed by atoms with E-state index in [1.54, 1.807) is 0 Å². The Morgan fingerprint density at radius 3 is 2.35 bits per heavy atom. The van der Waals surface area contributed by atoms with E-state index in [-0.39, 0.29) is 4.31 Å². The lowest BCUT2D eigenvalue weighted by Gasteiger charge is -2.17. The van der Waals surface area contributed by atoms with Crippen molar-refractivity contribution in [3.8, 4) is 0 Å². The molecule has 10 heteroatoms. The number of nitrogens with zero attached hydrogens (tertiary/aromatic N) is 1. The Bertz CT molecular complexity index is 632. The predicted octanol–water partition coefficient (Wildman–Crippen LogP) is 1.55. The van der Waals surface area contributed by atoms with Crippen molar-refractivity contribution in [2.45, 2.75) is 11.3 Å². The van der Waals surface area contributed by atoms with Crippen LogP contribution < -0.4 is 0 Å². The molecular formula is C10H9F4NO4S. The van der Waals surface area contributed by atoms with Crippen LogP contribution in [0.1, 0.15) is 10.4 Å². The Balaban J connectivity index is 3.41. The van der Waals surface area contributed by atoms with E-state index in [0.717, 1.165) is 7.05 Å². The van der Waals surface area contributed by atoms with Crippen LogP contribution in [-0.4, -0.2) is 43.8 Å². The molecule has 20 heavy (non-hydrogen) atoms. The molecule has 0 aromatic heterocycles. The molecule has 0 heterocycles. The third-order valence-corrected chi connectivity index (χ3v) is 4.19. The second-order valence-corrected chi connectivity index (χ2v) is 5.73. The van der Waals surface area contributed by atoms with Crippen molar-refractivity contribution in [3.05, 3.63) is 29.3 Å². The van der Waals surface area contributed by atoms with E-state index in [0.29, 0.717) is 12.1 Å². The van der Waals surface area contributed by atoms with Crippen molar-refractivity contribution < 1.29 is 35.9 Å². The first-order chi connectivity index (χ1) is 9.09. The Morgan fingerprint density at radius 1 is 1.35 bits per heavy atom. The largest absolute Gasteiger partial charge is 0.477 e. The molecule has 0 aliphatic rings. The van der Waals surface area contributed by atoms with Crippen molar-refractivity contribution >= 4 is 16.0 Å². The summed E-state index contributed by atoms with van der Waals surface area (Å²) < 4.78 is 75.0. The molecule has 0 aliphatic heterocycles. The average Bonchev–Trinajstić information content (AvgIpc) is 2.26. The van der Waals surface area contributed by atoms with Gasteiger partial charge in [-0.2, -0.15) is 4.31 Å². The fourth-order valence-electron chi connectivity index (χ4n) is 1.39. The van der Waals surface area contributed by atoms with Gasteiger partial charge in [-0.1, -0.05) is 0 Å². The normalized spacial score (nSPS) is 12.2. The third-order valence-electron chi connectivity index (χ3n) is 2.35. The van der Waals surface area contributed by atoms with E-state index in [1.165, 1.54) is 0 Å². The van der Waals surface area contributed by atoms with Crippen LogP contribution >= 0.6 is 0 Å². The number of hydrogen-bond acceptors (Lipinski definition) is 3. The standard InChI is InChI=1S/C10H9F4NO4S/c1-15(4-7(12)13)20(18,19)6-3-2-5(11)8(9(6)14)10(16)17/h2-3,7H,4H2,1H3,(H,16,17). The van der Waals surface area contributed by atoms with E-state index < -0.39 is 51.1 Å². The van der Waals surface area contributed by atoms with Crippen molar-refractivity contribution in [1.82, 2.24) is 4.31 Å². The molecule has 0 spiro atoms. The quantitative estimate of drug-likeness (QED) is 0.837. The van der Waals surface area contributed by atoms with Crippen LogP contribution in [0.3, 0.4) is 0 Å². The lowest BCUT2D eigenvalue weighted by molar-refractivity contribution is 0.0685. The van der Waals surface area contributed by atoms with Crippen LogP contribution in [0.15, 0.2) is 17.0 Å². The van der Waals surface area contributed by atoms with Crippen molar-refractivity contribution in [2.24, 2.45) is 0 Å². The summed E-state index contributed by atoms with van der Waals surface area (Å²) in [5, 5.41) is 8.61. The van der Waals surface area contributed by atoms with Gasteiger partial charge in [0.1, 0.15) is 16.3 Å². The highest BCUT2D eigenvalue weighted by Gasteiger charge is 2.30. The molecule has 0 unspecified atom stereocenters. The minimum absolute atomic E-state index is 0.152. The van der Waals surface area contributed by atoms with Gasteiger partial charge in [-0.15, -0.1) is 0 Å². The number of carbonyl (C=O) groups is 1. The Labute approximate surface area is 111 Å². The van der Waals surface area contributed by atoms with Crippen LogP contribution in [0, 0.1) is 11.6 Å². The first-order valence-electron chi connectivity index (χ1n) is 5.04. The molecule has 1 aromatic rings. The summed E-state index contributed by atoms with van der Waals surface area (Å²) in [7, 11) is -3.92. The number of benzene rings is 1. The van der Waals surface area contributed by atoms with Crippen molar-refractivity contribution in [1.29, 1.82) is 0 Å². The third kappa shape index (κ3) is 3.07. The summed E-state index contributed by atoms with van der Waals surface area (Å²) in [6.45, 7) is -1.21. The van der Waals surface area contributed by atoms with Crippen molar-refractivity contribution in [2.75, 3.05) is 13.6 Å². The highest BCUT2D eigenvalue weighted by molar-refractivity contribution is 7.89. The SMILES string of the molecule is CN(CC(F)F)S(=O)(=O)c1ccc(F)c(C(=O)O)c1F. The molecular weight excluding hydrogens is 306 g/mol. The first kappa shape index (κ1) is 16.4. The maximum absolute atomic E-state index is 13.8. The monoisotopic (exact) mass is 315 g/mol. The van der Waals surface area contributed by atoms with Gasteiger partial charge >= 0.3 is 5.97 Å². The van der Waals surface area contributed by atoms with Crippen molar-refractivity contribution in [3.63, 3.8) is 0 Å². The van der Waals surface area contributed by atoms with Gasteiger partial charge in [0.2, 0.25) is 10.0 Å². The van der Waals surface area contributed by atoms with E-state index in [2.05, 4.69) is 0 Å². The molecule has 0 saturated carbocycles. The smallest absolute Gasteiger partial charge is 0.341 e. The summed E-state index contributed by atoms with van der Waals surface area (Å²) >= 11 is 0. The highest BCUT2D eigenvalue weighted by Crippen LogP contribution is 2.23. The topological polar surface area (TPSA) is 74.7 Å². The van der Waals surface area contributed by atoms with Gasteiger partial charge in [-0.25, -0.2) is 30.8 Å². The number of rotatable bonds is 5. The number of alkyl halides is 2. The average molecular weight is 315 g/mol. The highest BCUT2D eigenvalue weighted by atomic mass is 32.2. The fourth-order valence-corrected chi connectivity index (χ4v) is 2.60. The number of halogens is 4. The molecule has 0 amide bonds. The number of carboxylic acids is 1. The van der Waals surface area contributed by atoms with Gasteiger partial charge in [0, 0.05) is 7.05 Å². The van der Waals surface area contributed by atoms with Crippen LogP contribution in [0.25, 0.3) is 0 Å². The van der Waals surface area contributed by atoms with E-state index >= 15 is 0 Å². The second kappa shape index (κ2) is 5.75. The molecule has 0 radical (unpaired) electrons. The zero-order chi connectivity index (χ0) is 15.7. The second-order valence-electron chi connectivity index (χ2n) is 3.72. The molecule has 1 rings (SSSR count). The molecule has 0 aliphatic carbocycles. The van der Waals surface area contributed by atoms with E-state index in [4.69, 9.17) is 5.11 Å². The predicted molar refractivity (Wildman–Crippen MR) is 59.1 cm³/mol. The van der Waals surface area contributed by atoms with Gasteiger partial charge in [-0.3, -0.25) is 0 Å².